The molecule has 1 aromatic carbocycles. The van der Waals surface area contributed by atoms with E-state index in [1.165, 1.54) is 6.07 Å². The molecule has 0 spiro atoms. The summed E-state index contributed by atoms with van der Waals surface area (Å²) in [7, 11) is 2.05. The van der Waals surface area contributed by atoms with E-state index in [9.17, 15) is 4.39 Å². The maximum absolute atomic E-state index is 13.1. The molecule has 0 saturated heterocycles. The van der Waals surface area contributed by atoms with Crippen molar-refractivity contribution in [1.29, 1.82) is 0 Å². The molecule has 0 radical (unpaired) electrons. The molecule has 2 nitrogen and oxygen atoms in total. The molecule has 3 heteroatoms. The van der Waals surface area contributed by atoms with Crippen molar-refractivity contribution in [2.75, 3.05) is 18.5 Å². The van der Waals surface area contributed by atoms with Crippen molar-refractivity contribution in [1.82, 2.24) is 0 Å². The molecule has 1 aliphatic carbocycles. The number of nitrogens with zero attached hydrogens (tertiary/aromatic N) is 1. The molecule has 0 heterocycles. The zero-order valence-electron chi connectivity index (χ0n) is 9.91. The summed E-state index contributed by atoms with van der Waals surface area (Å²) >= 11 is 0. The van der Waals surface area contributed by atoms with Crippen LogP contribution in [0.1, 0.15) is 18.4 Å². The summed E-state index contributed by atoms with van der Waals surface area (Å²) < 4.78 is 13.1. The van der Waals surface area contributed by atoms with Crippen molar-refractivity contribution < 1.29 is 4.39 Å². The Balaban J connectivity index is 1.97. The van der Waals surface area contributed by atoms with Gasteiger partial charge >= 0.3 is 0 Å². The number of rotatable bonds is 3. The average molecular weight is 222 g/mol. The summed E-state index contributed by atoms with van der Waals surface area (Å²) in [5.41, 5.74) is 7.55. The zero-order valence-corrected chi connectivity index (χ0v) is 9.91. The monoisotopic (exact) mass is 222 g/mol. The van der Waals surface area contributed by atoms with Crippen molar-refractivity contribution >= 4 is 5.69 Å². The lowest BCUT2D eigenvalue weighted by molar-refractivity contribution is 0.271. The van der Waals surface area contributed by atoms with Gasteiger partial charge in [-0.15, -0.1) is 0 Å². The first-order valence-corrected chi connectivity index (χ1v) is 5.79. The van der Waals surface area contributed by atoms with E-state index in [0.29, 0.717) is 17.5 Å². The van der Waals surface area contributed by atoms with Crippen LogP contribution >= 0.6 is 0 Å². The van der Waals surface area contributed by atoms with E-state index in [4.69, 9.17) is 5.73 Å². The molecule has 0 amide bonds. The van der Waals surface area contributed by atoms with Gasteiger partial charge in [-0.05, 0) is 49.4 Å². The van der Waals surface area contributed by atoms with E-state index in [1.807, 2.05) is 12.1 Å². The number of halogens is 1. The molecule has 0 aliphatic heterocycles. The Morgan fingerprint density at radius 2 is 2.12 bits per heavy atom. The minimum atomic E-state index is -0.136. The van der Waals surface area contributed by atoms with Gasteiger partial charge in [0.1, 0.15) is 5.82 Å². The van der Waals surface area contributed by atoms with Crippen LogP contribution in [0.15, 0.2) is 18.2 Å². The fourth-order valence-electron chi connectivity index (χ4n) is 2.30. The average Bonchev–Trinajstić information content (AvgIpc) is 2.19. The molecule has 0 unspecified atom stereocenters. The lowest BCUT2D eigenvalue weighted by Gasteiger charge is -2.36. The van der Waals surface area contributed by atoms with Gasteiger partial charge < -0.3 is 10.6 Å². The number of nitrogens with two attached hydrogens (primary N) is 1. The first-order chi connectivity index (χ1) is 7.56. The Hall–Kier alpha value is -1.09. The highest BCUT2D eigenvalue weighted by molar-refractivity contribution is 5.48. The van der Waals surface area contributed by atoms with Gasteiger partial charge in [0.15, 0.2) is 0 Å². The second kappa shape index (κ2) is 4.42. The molecular formula is C13H19FN2. The highest BCUT2D eigenvalue weighted by atomic mass is 19.1. The Bertz CT molecular complexity index is 372. The van der Waals surface area contributed by atoms with Gasteiger partial charge in [-0.25, -0.2) is 4.39 Å². The van der Waals surface area contributed by atoms with Gasteiger partial charge in [0.05, 0.1) is 0 Å². The molecule has 16 heavy (non-hydrogen) atoms. The molecule has 0 atom stereocenters. The third-order valence-electron chi connectivity index (χ3n) is 3.39. The van der Waals surface area contributed by atoms with Gasteiger partial charge in [-0.2, -0.15) is 0 Å². The lowest BCUT2D eigenvalue weighted by Crippen LogP contribution is -2.41. The number of benzene rings is 1. The van der Waals surface area contributed by atoms with Crippen molar-refractivity contribution in [2.45, 2.75) is 25.8 Å². The minimum Gasteiger partial charge on any atom is -0.374 e. The lowest BCUT2D eigenvalue weighted by atomic mass is 9.80. The van der Waals surface area contributed by atoms with E-state index in [0.717, 1.165) is 25.1 Å². The van der Waals surface area contributed by atoms with Crippen LogP contribution in [-0.4, -0.2) is 19.6 Å². The van der Waals surface area contributed by atoms with Crippen molar-refractivity contribution in [3.63, 3.8) is 0 Å². The third kappa shape index (κ3) is 2.35. The molecule has 2 N–H and O–H groups in total. The number of aryl methyl sites for hydroxylation is 1. The van der Waals surface area contributed by atoms with Crippen LogP contribution < -0.4 is 10.6 Å². The second-order valence-corrected chi connectivity index (χ2v) is 4.91. The number of hydrogen-bond donors (Lipinski definition) is 1. The maximum Gasteiger partial charge on any atom is 0.126 e. The van der Waals surface area contributed by atoms with Crippen molar-refractivity contribution in [2.24, 2.45) is 11.7 Å². The summed E-state index contributed by atoms with van der Waals surface area (Å²) in [6.07, 6.45) is 2.23. The highest BCUT2D eigenvalue weighted by Gasteiger charge is 2.26. The maximum atomic E-state index is 13.1. The Morgan fingerprint density at radius 1 is 1.44 bits per heavy atom. The molecule has 1 saturated carbocycles. The second-order valence-electron chi connectivity index (χ2n) is 4.91. The fraction of sp³-hybridized carbons (Fsp3) is 0.538. The van der Waals surface area contributed by atoms with Crippen LogP contribution in [0.25, 0.3) is 0 Å². The van der Waals surface area contributed by atoms with E-state index in [1.54, 1.807) is 6.92 Å². The van der Waals surface area contributed by atoms with E-state index in [2.05, 4.69) is 11.9 Å². The van der Waals surface area contributed by atoms with Crippen LogP contribution in [0, 0.1) is 18.7 Å². The molecule has 0 bridgehead atoms. The standard InChI is InChI=1S/C13H19FN2/c1-9-5-12(3-4-13(9)14)16(2)8-10-6-11(15)7-10/h3-5,10-11H,6-8,15H2,1-2H3. The topological polar surface area (TPSA) is 29.3 Å². The van der Waals surface area contributed by atoms with Gasteiger partial charge in [-0.1, -0.05) is 0 Å². The third-order valence-corrected chi connectivity index (χ3v) is 3.39. The first-order valence-electron chi connectivity index (χ1n) is 5.79. The van der Waals surface area contributed by atoms with Crippen LogP contribution in [0.4, 0.5) is 10.1 Å². The van der Waals surface area contributed by atoms with E-state index >= 15 is 0 Å². The number of anilines is 1. The normalized spacial score (nSPS) is 24.0. The van der Waals surface area contributed by atoms with Crippen LogP contribution in [0.3, 0.4) is 0 Å². The van der Waals surface area contributed by atoms with E-state index < -0.39 is 0 Å². The van der Waals surface area contributed by atoms with Crippen molar-refractivity contribution in [3.05, 3.63) is 29.6 Å². The smallest absolute Gasteiger partial charge is 0.126 e. The van der Waals surface area contributed by atoms with Gasteiger partial charge in [0.2, 0.25) is 0 Å². The fourth-order valence-corrected chi connectivity index (χ4v) is 2.30. The van der Waals surface area contributed by atoms with Crippen LogP contribution in [0.2, 0.25) is 0 Å². The molecule has 1 fully saturated rings. The Morgan fingerprint density at radius 3 is 2.69 bits per heavy atom. The van der Waals surface area contributed by atoms with Crippen molar-refractivity contribution in [3.8, 4) is 0 Å². The molecule has 0 aromatic heterocycles. The first kappa shape index (κ1) is 11.4. The SMILES string of the molecule is Cc1cc(N(C)CC2CC(N)C2)ccc1F. The predicted molar refractivity (Wildman–Crippen MR) is 65.1 cm³/mol. The summed E-state index contributed by atoms with van der Waals surface area (Å²) in [5.74, 6) is 0.563. The highest BCUT2D eigenvalue weighted by Crippen LogP contribution is 2.28. The van der Waals surface area contributed by atoms with Gasteiger partial charge in [-0.3, -0.25) is 0 Å². The number of hydrogen-bond acceptors (Lipinski definition) is 2. The van der Waals surface area contributed by atoms with Crippen LogP contribution in [0.5, 0.6) is 0 Å². The van der Waals surface area contributed by atoms with Gasteiger partial charge in [0.25, 0.3) is 0 Å². The summed E-state index contributed by atoms with van der Waals surface area (Å²) in [6.45, 7) is 2.81. The quantitative estimate of drug-likeness (QED) is 0.850. The van der Waals surface area contributed by atoms with Gasteiger partial charge in [0, 0.05) is 25.3 Å². The zero-order chi connectivity index (χ0) is 11.7. The summed E-state index contributed by atoms with van der Waals surface area (Å²) in [5, 5.41) is 0. The molecular weight excluding hydrogens is 203 g/mol. The minimum absolute atomic E-state index is 0.136. The molecule has 1 aliphatic rings. The summed E-state index contributed by atoms with van der Waals surface area (Å²) in [4.78, 5) is 2.18. The predicted octanol–water partition coefficient (Wildman–Crippen LogP) is 2.31. The Kier molecular flexibility index (Phi) is 3.15. The summed E-state index contributed by atoms with van der Waals surface area (Å²) in [6, 6.07) is 5.66. The largest absolute Gasteiger partial charge is 0.374 e. The Labute approximate surface area is 96.2 Å². The van der Waals surface area contributed by atoms with E-state index in [-0.39, 0.29) is 5.82 Å². The van der Waals surface area contributed by atoms with Crippen LogP contribution in [-0.2, 0) is 0 Å². The molecule has 88 valence electrons. The molecule has 1 aromatic rings. The molecule has 2 rings (SSSR count).